The molecular weight excluding hydrogens is 365 g/mol. The summed E-state index contributed by atoms with van der Waals surface area (Å²) in [5, 5.41) is 12.2. The molecule has 0 aliphatic carbocycles. The van der Waals surface area contributed by atoms with Crippen LogP contribution in [-0.4, -0.2) is 54.4 Å². The van der Waals surface area contributed by atoms with E-state index in [-0.39, 0.29) is 5.41 Å². The Hall–Kier alpha value is -1.98. The van der Waals surface area contributed by atoms with Gasteiger partial charge in [0.15, 0.2) is 0 Å². The largest absolute Gasteiger partial charge is 0.380 e. The van der Waals surface area contributed by atoms with Crippen LogP contribution in [0.4, 0.5) is 10.1 Å². The first-order chi connectivity index (χ1) is 13.7. The lowest BCUT2D eigenvalue weighted by Gasteiger charge is -2.56. The Balaban J connectivity index is 1.77. The van der Waals surface area contributed by atoms with Crippen LogP contribution in [0.15, 0.2) is 42.7 Å². The molecule has 2 fully saturated rings. The van der Waals surface area contributed by atoms with Crippen molar-refractivity contribution in [3.05, 3.63) is 59.4 Å². The molecule has 1 aromatic heterocycles. The van der Waals surface area contributed by atoms with Crippen molar-refractivity contribution in [3.8, 4) is 0 Å². The summed E-state index contributed by atoms with van der Waals surface area (Å²) in [6, 6.07) is 10.3. The predicted molar refractivity (Wildman–Crippen MR) is 115 cm³/mol. The molecule has 0 radical (unpaired) electrons. The number of rotatable bonds is 5. The number of hydrogen-bond acceptors (Lipinski definition) is 4. The number of halogens is 1. The third-order valence-corrected chi connectivity index (χ3v) is 6.74. The van der Waals surface area contributed by atoms with Gasteiger partial charge in [-0.25, -0.2) is 4.39 Å². The van der Waals surface area contributed by atoms with E-state index in [0.29, 0.717) is 25.4 Å². The van der Waals surface area contributed by atoms with Crippen molar-refractivity contribution in [2.24, 2.45) is 5.41 Å². The van der Waals surface area contributed by atoms with Gasteiger partial charge in [-0.15, -0.1) is 0 Å². The first-order valence-corrected chi connectivity index (χ1v) is 10.6. The van der Waals surface area contributed by atoms with Crippen LogP contribution in [0.5, 0.6) is 0 Å². The van der Waals surface area contributed by atoms with Crippen LogP contribution in [0.25, 0.3) is 0 Å². The van der Waals surface area contributed by atoms with Crippen LogP contribution in [0, 0.1) is 5.41 Å². The molecule has 156 valence electrons. The van der Waals surface area contributed by atoms with Gasteiger partial charge in [0.2, 0.25) is 0 Å². The highest BCUT2D eigenvalue weighted by atomic mass is 19.1. The van der Waals surface area contributed by atoms with Gasteiger partial charge in [0, 0.05) is 43.4 Å². The Morgan fingerprint density at radius 2 is 1.86 bits per heavy atom. The maximum absolute atomic E-state index is 13.7. The maximum Gasteiger partial charge on any atom is 0.124 e. The fourth-order valence-corrected chi connectivity index (χ4v) is 5.10. The fraction of sp³-hybridized carbons (Fsp3) is 0.542. The number of aromatic nitrogens is 1. The van der Waals surface area contributed by atoms with Crippen molar-refractivity contribution in [3.63, 3.8) is 0 Å². The average Bonchev–Trinajstić information content (AvgIpc) is 3.13. The average molecular weight is 398 g/mol. The molecular formula is C24H32FN3O. The zero-order valence-electron chi connectivity index (χ0n) is 17.9. The summed E-state index contributed by atoms with van der Waals surface area (Å²) in [5.74, 6) is 0.441. The molecule has 2 aliphatic rings. The first-order valence-electron chi connectivity index (χ1n) is 10.6. The molecule has 2 atom stereocenters. The molecule has 3 heterocycles. The number of alkyl halides is 1. The Labute approximate surface area is 173 Å². The van der Waals surface area contributed by atoms with Crippen LogP contribution in [-0.2, 0) is 5.60 Å². The molecule has 0 saturated carbocycles. The van der Waals surface area contributed by atoms with Crippen molar-refractivity contribution in [1.29, 1.82) is 0 Å². The van der Waals surface area contributed by atoms with Crippen LogP contribution in [0.1, 0.15) is 49.8 Å². The third-order valence-electron chi connectivity index (χ3n) is 6.74. The molecule has 0 amide bonds. The lowest BCUT2D eigenvalue weighted by atomic mass is 9.62. The number of hydrogen-bond donors (Lipinski definition) is 1. The minimum atomic E-state index is -1.16. The number of aliphatic hydroxyl groups is 1. The van der Waals surface area contributed by atoms with Gasteiger partial charge < -0.3 is 14.9 Å². The minimum Gasteiger partial charge on any atom is -0.380 e. The maximum atomic E-state index is 13.7. The van der Waals surface area contributed by atoms with E-state index in [1.807, 2.05) is 11.0 Å². The summed E-state index contributed by atoms with van der Waals surface area (Å²) in [6.07, 6.45) is 3.30. The smallest absolute Gasteiger partial charge is 0.124 e. The molecule has 1 unspecified atom stereocenters. The van der Waals surface area contributed by atoms with Gasteiger partial charge in [-0.05, 0) is 36.6 Å². The van der Waals surface area contributed by atoms with Gasteiger partial charge in [0.05, 0.1) is 11.9 Å². The zero-order valence-corrected chi connectivity index (χ0v) is 17.9. The Kier molecular flexibility index (Phi) is 5.16. The summed E-state index contributed by atoms with van der Waals surface area (Å²) in [7, 11) is 2.07. The molecule has 0 spiro atoms. The molecule has 0 bridgehead atoms. The van der Waals surface area contributed by atoms with Gasteiger partial charge in [-0.2, -0.15) is 0 Å². The summed E-state index contributed by atoms with van der Waals surface area (Å²) in [4.78, 5) is 8.69. The summed E-state index contributed by atoms with van der Waals surface area (Å²) in [5.41, 5.74) is 2.33. The highest BCUT2D eigenvalue weighted by Crippen LogP contribution is 2.50. The van der Waals surface area contributed by atoms with Gasteiger partial charge in [-0.1, -0.05) is 45.0 Å². The van der Waals surface area contributed by atoms with E-state index in [1.165, 1.54) is 5.56 Å². The van der Waals surface area contributed by atoms with Gasteiger partial charge >= 0.3 is 0 Å². The molecule has 1 N–H and O–H groups in total. The molecule has 1 aromatic carbocycles. The monoisotopic (exact) mass is 397 g/mol. The summed E-state index contributed by atoms with van der Waals surface area (Å²) >= 11 is 0. The quantitative estimate of drug-likeness (QED) is 0.830. The van der Waals surface area contributed by atoms with Crippen molar-refractivity contribution in [2.45, 2.75) is 44.9 Å². The minimum absolute atomic E-state index is 0.324. The van der Waals surface area contributed by atoms with E-state index in [0.717, 1.165) is 29.9 Å². The Morgan fingerprint density at radius 3 is 2.41 bits per heavy atom. The molecule has 5 heteroatoms. The third kappa shape index (κ3) is 3.44. The second kappa shape index (κ2) is 7.37. The SMILES string of the molecule is CC(C)c1ccc(C(O)(c2cncc(N3CC[C@H](F)C3)c2)C2(C)CN(C)C2)cc1. The van der Waals surface area contributed by atoms with Crippen LogP contribution in [0.2, 0.25) is 0 Å². The standard InChI is InChI=1S/C24H32FN3O/c1-17(2)18-5-7-19(8-6-18)24(29,23(3)15-27(4)16-23)20-11-22(13-26-12-20)28-10-9-21(25)14-28/h5-8,11-13,17,21,29H,9-10,14-16H2,1-4H3/t21-,24?/m0/s1. The fourth-order valence-electron chi connectivity index (χ4n) is 5.10. The molecule has 2 aliphatic heterocycles. The van der Waals surface area contributed by atoms with E-state index in [1.54, 1.807) is 12.4 Å². The number of pyridine rings is 1. The second-order valence-electron chi connectivity index (χ2n) is 9.48. The van der Waals surface area contributed by atoms with E-state index in [9.17, 15) is 9.50 Å². The van der Waals surface area contributed by atoms with Crippen LogP contribution < -0.4 is 4.90 Å². The Bertz CT molecular complexity index is 863. The number of benzene rings is 1. The van der Waals surface area contributed by atoms with Gasteiger partial charge in [0.1, 0.15) is 11.8 Å². The molecule has 4 nitrogen and oxygen atoms in total. The van der Waals surface area contributed by atoms with Crippen LogP contribution >= 0.6 is 0 Å². The summed E-state index contributed by atoms with van der Waals surface area (Å²) in [6.45, 7) is 9.17. The number of likely N-dealkylation sites (tertiary alicyclic amines) is 1. The molecule has 29 heavy (non-hydrogen) atoms. The number of nitrogens with zero attached hydrogens (tertiary/aromatic N) is 3. The zero-order chi connectivity index (χ0) is 20.8. The van der Waals surface area contributed by atoms with E-state index in [2.05, 4.69) is 62.0 Å². The first kappa shape index (κ1) is 20.3. The Morgan fingerprint density at radius 1 is 1.17 bits per heavy atom. The van der Waals surface area contributed by atoms with Crippen molar-refractivity contribution >= 4 is 5.69 Å². The highest BCUT2D eigenvalue weighted by molar-refractivity contribution is 5.51. The van der Waals surface area contributed by atoms with Crippen molar-refractivity contribution in [1.82, 2.24) is 9.88 Å². The van der Waals surface area contributed by atoms with Gasteiger partial charge in [-0.3, -0.25) is 4.98 Å². The molecule has 2 aromatic rings. The molecule has 2 saturated heterocycles. The highest BCUT2D eigenvalue weighted by Gasteiger charge is 2.55. The number of anilines is 1. The van der Waals surface area contributed by atoms with Crippen molar-refractivity contribution in [2.75, 3.05) is 38.1 Å². The van der Waals surface area contributed by atoms with Crippen molar-refractivity contribution < 1.29 is 9.50 Å². The predicted octanol–water partition coefficient (Wildman–Crippen LogP) is 3.94. The van der Waals surface area contributed by atoms with E-state index in [4.69, 9.17) is 0 Å². The van der Waals surface area contributed by atoms with Crippen LogP contribution in [0.3, 0.4) is 0 Å². The molecule has 4 rings (SSSR count). The normalized spacial score (nSPS) is 23.8. The van der Waals surface area contributed by atoms with E-state index < -0.39 is 11.8 Å². The topological polar surface area (TPSA) is 39.6 Å². The van der Waals surface area contributed by atoms with E-state index >= 15 is 0 Å². The summed E-state index contributed by atoms with van der Waals surface area (Å²) < 4.78 is 13.7. The second-order valence-corrected chi connectivity index (χ2v) is 9.48. The van der Waals surface area contributed by atoms with Gasteiger partial charge in [0.25, 0.3) is 0 Å². The lowest BCUT2D eigenvalue weighted by Crippen LogP contribution is -2.63. The lowest BCUT2D eigenvalue weighted by molar-refractivity contribution is -0.127.